The molecule has 4 heteroatoms. The number of hydrogen-bond donors (Lipinski definition) is 1. The smallest absolute Gasteiger partial charge is 0.156 e. The number of allylic oxidation sites excluding steroid dienone is 2. The highest BCUT2D eigenvalue weighted by Gasteiger charge is 2.63. The maximum Gasteiger partial charge on any atom is 0.156 e. The Labute approximate surface area is 162 Å². The maximum atomic E-state index is 13.5. The molecule has 8 atom stereocenters. The number of rotatable bonds is 3. The zero-order valence-electron chi connectivity index (χ0n) is 17.2. The first kappa shape index (κ1) is 19.3. The number of aliphatic hydroxyl groups is 1. The third-order valence-corrected chi connectivity index (χ3v) is 8.69. The molecule has 1 N–H and O–H groups in total. The number of aliphatic hydroxyl groups excluding tert-OH is 1. The van der Waals surface area contributed by atoms with Gasteiger partial charge in [-0.2, -0.15) is 0 Å². The summed E-state index contributed by atoms with van der Waals surface area (Å²) in [5.41, 5.74) is 0.512. The fourth-order valence-electron chi connectivity index (χ4n) is 7.58. The first-order valence-corrected chi connectivity index (χ1v) is 10.8. The van der Waals surface area contributed by atoms with Gasteiger partial charge in [0, 0.05) is 24.4 Å². The lowest BCUT2D eigenvalue weighted by Crippen LogP contribution is -2.60. The van der Waals surface area contributed by atoms with Crippen molar-refractivity contribution in [3.63, 3.8) is 0 Å². The summed E-state index contributed by atoms with van der Waals surface area (Å²) in [4.78, 5) is 25.7. The Balaban J connectivity index is 1.67. The Morgan fingerprint density at radius 1 is 1.33 bits per heavy atom. The Morgan fingerprint density at radius 2 is 2.07 bits per heavy atom. The summed E-state index contributed by atoms with van der Waals surface area (Å²) in [5.74, 6) is 1.65. The van der Waals surface area contributed by atoms with Crippen LogP contribution in [0.4, 0.5) is 0 Å². The minimum atomic E-state index is -0.416. The standard InChI is InChI=1S/C23H34O4/c1-5-27-20-12-22(3)14(10-18(20)25)6-7-15-17-9-8-16(13(2)24)23(17,4)11-19(26)21(15)22/h8,14-15,17-18,20-21,25H,5-7,9-12H2,1-4H3/t14-,15-,17-,18-,20-,21+,22-,23+/m0/s1. The second-order valence-electron chi connectivity index (χ2n) is 10.00. The van der Waals surface area contributed by atoms with Crippen molar-refractivity contribution in [2.45, 2.75) is 78.4 Å². The predicted molar refractivity (Wildman–Crippen MR) is 103 cm³/mol. The summed E-state index contributed by atoms with van der Waals surface area (Å²) in [5, 5.41) is 10.5. The molecule has 0 aromatic heterocycles. The van der Waals surface area contributed by atoms with E-state index < -0.39 is 6.10 Å². The molecule has 4 nitrogen and oxygen atoms in total. The van der Waals surface area contributed by atoms with Gasteiger partial charge in [-0.25, -0.2) is 0 Å². The number of ketones is 2. The number of hydrogen-bond acceptors (Lipinski definition) is 4. The van der Waals surface area contributed by atoms with Gasteiger partial charge in [-0.15, -0.1) is 0 Å². The average Bonchev–Trinajstić information content (AvgIpc) is 2.92. The van der Waals surface area contributed by atoms with E-state index in [0.29, 0.717) is 36.6 Å². The number of carbonyl (C=O) groups is 2. The average molecular weight is 375 g/mol. The Kier molecular flexibility index (Phi) is 4.67. The number of carbonyl (C=O) groups excluding carboxylic acids is 2. The molecule has 0 aromatic carbocycles. The topological polar surface area (TPSA) is 63.6 Å². The largest absolute Gasteiger partial charge is 0.390 e. The van der Waals surface area contributed by atoms with Gasteiger partial charge in [0.2, 0.25) is 0 Å². The molecule has 3 fully saturated rings. The molecule has 0 aromatic rings. The summed E-state index contributed by atoms with van der Waals surface area (Å²) in [7, 11) is 0. The highest BCUT2D eigenvalue weighted by Crippen LogP contribution is 2.65. The van der Waals surface area contributed by atoms with Crippen LogP contribution in [0.3, 0.4) is 0 Å². The molecule has 0 heterocycles. The monoisotopic (exact) mass is 374 g/mol. The van der Waals surface area contributed by atoms with Crippen LogP contribution in [0.1, 0.15) is 66.2 Å². The van der Waals surface area contributed by atoms with Crippen molar-refractivity contribution in [1.82, 2.24) is 0 Å². The van der Waals surface area contributed by atoms with E-state index in [0.717, 1.165) is 37.7 Å². The zero-order valence-corrected chi connectivity index (χ0v) is 17.2. The summed E-state index contributed by atoms with van der Waals surface area (Å²) >= 11 is 0. The van der Waals surface area contributed by atoms with Crippen molar-refractivity contribution >= 4 is 11.6 Å². The molecule has 0 bridgehead atoms. The van der Waals surface area contributed by atoms with E-state index in [1.165, 1.54) is 0 Å². The van der Waals surface area contributed by atoms with E-state index in [1.54, 1.807) is 6.92 Å². The van der Waals surface area contributed by atoms with E-state index >= 15 is 0 Å². The van der Waals surface area contributed by atoms with Crippen LogP contribution in [0.15, 0.2) is 11.6 Å². The van der Waals surface area contributed by atoms with Crippen LogP contribution in [-0.2, 0) is 14.3 Å². The van der Waals surface area contributed by atoms with Crippen LogP contribution in [0.25, 0.3) is 0 Å². The Hall–Kier alpha value is -1.00. The molecular formula is C23H34O4. The maximum absolute atomic E-state index is 13.5. The molecule has 0 saturated heterocycles. The molecule has 4 aliphatic carbocycles. The van der Waals surface area contributed by atoms with Crippen molar-refractivity contribution in [3.8, 4) is 0 Å². The second kappa shape index (κ2) is 6.52. The molecular weight excluding hydrogens is 340 g/mol. The molecule has 0 spiro atoms. The molecule has 4 rings (SSSR count). The fourth-order valence-corrected chi connectivity index (χ4v) is 7.58. The first-order chi connectivity index (χ1) is 12.7. The van der Waals surface area contributed by atoms with Gasteiger partial charge in [0.05, 0.1) is 12.2 Å². The van der Waals surface area contributed by atoms with E-state index in [9.17, 15) is 14.7 Å². The van der Waals surface area contributed by atoms with E-state index in [2.05, 4.69) is 19.9 Å². The first-order valence-electron chi connectivity index (χ1n) is 10.8. The molecule has 27 heavy (non-hydrogen) atoms. The summed E-state index contributed by atoms with van der Waals surface area (Å²) in [6.07, 6.45) is 6.60. The minimum absolute atomic E-state index is 0.0458. The van der Waals surface area contributed by atoms with Crippen molar-refractivity contribution in [2.75, 3.05) is 6.61 Å². The SMILES string of the molecule is CCO[C@H]1C[C@@]2(C)[C@@H](CC[C@@H]3[C@@H]2C(=O)C[C@]2(C)C(C(C)=O)=CC[C@@H]32)C[C@@H]1O. The lowest BCUT2D eigenvalue weighted by Gasteiger charge is -2.60. The van der Waals surface area contributed by atoms with Gasteiger partial charge in [0.1, 0.15) is 5.78 Å². The molecule has 4 aliphatic rings. The molecule has 0 amide bonds. The molecule has 0 aliphatic heterocycles. The summed E-state index contributed by atoms with van der Waals surface area (Å²) < 4.78 is 5.86. The van der Waals surface area contributed by atoms with Crippen molar-refractivity contribution in [2.24, 2.45) is 34.5 Å². The van der Waals surface area contributed by atoms with Crippen LogP contribution in [0, 0.1) is 34.5 Å². The van der Waals surface area contributed by atoms with Gasteiger partial charge in [-0.1, -0.05) is 19.9 Å². The van der Waals surface area contributed by atoms with Crippen LogP contribution < -0.4 is 0 Å². The number of ether oxygens (including phenoxy) is 1. The van der Waals surface area contributed by atoms with Crippen molar-refractivity contribution in [1.29, 1.82) is 0 Å². The van der Waals surface area contributed by atoms with Gasteiger partial charge in [-0.3, -0.25) is 9.59 Å². The van der Waals surface area contributed by atoms with Crippen molar-refractivity contribution < 1.29 is 19.4 Å². The quantitative estimate of drug-likeness (QED) is 0.818. The van der Waals surface area contributed by atoms with Crippen LogP contribution in [0.5, 0.6) is 0 Å². The Bertz CT molecular complexity index is 682. The summed E-state index contributed by atoms with van der Waals surface area (Å²) in [6.45, 7) is 8.63. The van der Waals surface area contributed by atoms with Crippen LogP contribution in [-0.4, -0.2) is 35.5 Å². The van der Waals surface area contributed by atoms with Crippen LogP contribution in [0.2, 0.25) is 0 Å². The zero-order chi connectivity index (χ0) is 19.6. The fraction of sp³-hybridized carbons (Fsp3) is 0.826. The van der Waals surface area contributed by atoms with E-state index in [4.69, 9.17) is 4.74 Å². The van der Waals surface area contributed by atoms with Gasteiger partial charge in [0.25, 0.3) is 0 Å². The van der Waals surface area contributed by atoms with E-state index in [-0.39, 0.29) is 28.6 Å². The molecule has 150 valence electrons. The lowest BCUT2D eigenvalue weighted by atomic mass is 9.44. The molecule has 3 saturated carbocycles. The predicted octanol–water partition coefficient (Wildman–Crippen LogP) is 3.71. The minimum Gasteiger partial charge on any atom is -0.390 e. The van der Waals surface area contributed by atoms with Crippen molar-refractivity contribution in [3.05, 3.63) is 11.6 Å². The lowest BCUT2D eigenvalue weighted by molar-refractivity contribution is -0.176. The summed E-state index contributed by atoms with van der Waals surface area (Å²) in [6, 6.07) is 0. The van der Waals surface area contributed by atoms with Gasteiger partial charge in [-0.05, 0) is 74.7 Å². The van der Waals surface area contributed by atoms with E-state index in [1.807, 2.05) is 6.92 Å². The molecule has 0 radical (unpaired) electrons. The van der Waals surface area contributed by atoms with Crippen LogP contribution >= 0.6 is 0 Å². The number of Topliss-reactive ketones (excluding diaryl/α,β-unsaturated/α-hetero) is 2. The second-order valence-corrected chi connectivity index (χ2v) is 10.00. The van der Waals surface area contributed by atoms with Gasteiger partial charge >= 0.3 is 0 Å². The Morgan fingerprint density at radius 3 is 2.74 bits per heavy atom. The highest BCUT2D eigenvalue weighted by atomic mass is 16.5. The molecule has 0 unspecified atom stereocenters. The third-order valence-electron chi connectivity index (χ3n) is 8.69. The third kappa shape index (κ3) is 2.70. The highest BCUT2D eigenvalue weighted by molar-refractivity contribution is 5.97. The number of fused-ring (bicyclic) bond motifs is 5. The normalized spacial score (nSPS) is 49.1. The van der Waals surface area contributed by atoms with Gasteiger partial charge in [0.15, 0.2) is 5.78 Å². The van der Waals surface area contributed by atoms with Gasteiger partial charge < -0.3 is 9.84 Å².